The first-order valence-electron chi connectivity index (χ1n) is 4.21. The summed E-state index contributed by atoms with van der Waals surface area (Å²) in [4.78, 5) is 1.27. The molecule has 0 amide bonds. The molecule has 0 radical (unpaired) electrons. The van der Waals surface area contributed by atoms with Crippen LogP contribution in [-0.2, 0) is 0 Å². The van der Waals surface area contributed by atoms with E-state index in [0.717, 1.165) is 11.1 Å². The minimum absolute atomic E-state index is 0.127. The van der Waals surface area contributed by atoms with E-state index >= 15 is 0 Å². The monoisotopic (exact) mass is 224 g/mol. The number of hydrogen-bond acceptors (Lipinski definition) is 2. The molecule has 0 spiro atoms. The molecule has 0 aliphatic rings. The van der Waals surface area contributed by atoms with Crippen molar-refractivity contribution in [3.05, 3.63) is 39.5 Å². The lowest BCUT2D eigenvalue weighted by Crippen LogP contribution is -1.74. The fourth-order valence-electron chi connectivity index (χ4n) is 1.28. The van der Waals surface area contributed by atoms with Gasteiger partial charge in [-0.25, -0.2) is 0 Å². The molecule has 0 fully saturated rings. The van der Waals surface area contributed by atoms with E-state index in [1.54, 1.807) is 23.5 Å². The molecule has 2 rings (SSSR count). The molecule has 0 unspecified atom stereocenters. The third-order valence-electron chi connectivity index (χ3n) is 2.01. The average Bonchev–Trinajstić information content (AvgIpc) is 2.57. The molecule has 1 heterocycles. The van der Waals surface area contributed by atoms with Gasteiger partial charge in [0.2, 0.25) is 0 Å². The first-order valence-corrected chi connectivity index (χ1v) is 5.46. The summed E-state index contributed by atoms with van der Waals surface area (Å²) in [5.41, 5.74) is 2.19. The second-order valence-corrected chi connectivity index (χ2v) is 4.63. The molecule has 1 nitrogen and oxygen atoms in total. The van der Waals surface area contributed by atoms with E-state index in [2.05, 4.69) is 18.4 Å². The van der Waals surface area contributed by atoms with E-state index in [9.17, 15) is 5.11 Å². The van der Waals surface area contributed by atoms with Gasteiger partial charge in [0, 0.05) is 4.88 Å². The first-order chi connectivity index (χ1) is 6.66. The molecule has 3 heteroatoms. The summed E-state index contributed by atoms with van der Waals surface area (Å²) < 4.78 is 0. The minimum atomic E-state index is 0.127. The van der Waals surface area contributed by atoms with Crippen molar-refractivity contribution < 1.29 is 5.11 Å². The number of phenolic OH excluding ortho intramolecular Hbond substituents is 1. The summed E-state index contributed by atoms with van der Waals surface area (Å²) in [5, 5.41) is 11.7. The Bertz CT molecular complexity index is 462. The van der Waals surface area contributed by atoms with Crippen molar-refractivity contribution in [1.29, 1.82) is 0 Å². The van der Waals surface area contributed by atoms with Gasteiger partial charge in [0.05, 0.1) is 5.02 Å². The Labute approximate surface area is 91.6 Å². The minimum Gasteiger partial charge on any atom is -0.506 e. The summed E-state index contributed by atoms with van der Waals surface area (Å²) in [6.45, 7) is 2.07. The van der Waals surface area contributed by atoms with Gasteiger partial charge in [-0.2, -0.15) is 0 Å². The number of aromatic hydroxyl groups is 1. The molecular weight excluding hydrogens is 216 g/mol. The van der Waals surface area contributed by atoms with Crippen LogP contribution in [0.25, 0.3) is 11.1 Å². The third-order valence-corrected chi connectivity index (χ3v) is 3.18. The van der Waals surface area contributed by atoms with Gasteiger partial charge in [-0.3, -0.25) is 0 Å². The highest BCUT2D eigenvalue weighted by Gasteiger charge is 2.03. The van der Waals surface area contributed by atoms with Crippen LogP contribution in [-0.4, -0.2) is 5.11 Å². The fraction of sp³-hybridized carbons (Fsp3) is 0.0909. The van der Waals surface area contributed by atoms with E-state index in [1.807, 2.05) is 6.07 Å². The van der Waals surface area contributed by atoms with E-state index in [1.165, 1.54) is 4.88 Å². The zero-order valence-corrected chi connectivity index (χ0v) is 9.19. The maximum Gasteiger partial charge on any atom is 0.134 e. The fourth-order valence-corrected chi connectivity index (χ4v) is 2.17. The highest BCUT2D eigenvalue weighted by atomic mass is 35.5. The Balaban J connectivity index is 2.47. The molecule has 0 saturated heterocycles. The molecule has 1 aromatic carbocycles. The zero-order valence-electron chi connectivity index (χ0n) is 7.62. The Morgan fingerprint density at radius 3 is 2.57 bits per heavy atom. The summed E-state index contributed by atoms with van der Waals surface area (Å²) >= 11 is 7.53. The Morgan fingerprint density at radius 1 is 1.21 bits per heavy atom. The predicted molar refractivity (Wildman–Crippen MR) is 61.2 cm³/mol. The molecule has 0 bridgehead atoms. The van der Waals surface area contributed by atoms with Crippen molar-refractivity contribution in [1.82, 2.24) is 0 Å². The standard InChI is InChI=1S/C11H9ClOS/c1-7-4-9(6-14-7)8-2-3-11(13)10(12)5-8/h2-6,13H,1H3. The molecule has 0 aliphatic carbocycles. The molecular formula is C11H9ClOS. The van der Waals surface area contributed by atoms with Crippen LogP contribution in [0, 0.1) is 6.92 Å². The number of benzene rings is 1. The highest BCUT2D eigenvalue weighted by Crippen LogP contribution is 2.31. The number of hydrogen-bond donors (Lipinski definition) is 1. The van der Waals surface area contributed by atoms with E-state index in [4.69, 9.17) is 11.6 Å². The summed E-state index contributed by atoms with van der Waals surface area (Å²) in [6, 6.07) is 7.36. The van der Waals surface area contributed by atoms with Crippen LogP contribution in [0.15, 0.2) is 29.6 Å². The zero-order chi connectivity index (χ0) is 10.1. The number of halogens is 1. The molecule has 0 saturated carbocycles. The van der Waals surface area contributed by atoms with Crippen LogP contribution < -0.4 is 0 Å². The van der Waals surface area contributed by atoms with Gasteiger partial charge in [0.1, 0.15) is 5.75 Å². The number of thiophene rings is 1. The molecule has 1 aromatic heterocycles. The predicted octanol–water partition coefficient (Wildman–Crippen LogP) is 4.08. The van der Waals surface area contributed by atoms with Gasteiger partial charge in [0.15, 0.2) is 0 Å². The van der Waals surface area contributed by atoms with Crippen LogP contribution in [0.3, 0.4) is 0 Å². The van der Waals surface area contributed by atoms with Crippen LogP contribution in [0.4, 0.5) is 0 Å². The second-order valence-electron chi connectivity index (χ2n) is 3.11. The Morgan fingerprint density at radius 2 is 2.00 bits per heavy atom. The van der Waals surface area contributed by atoms with Crippen LogP contribution >= 0.6 is 22.9 Å². The lowest BCUT2D eigenvalue weighted by atomic mass is 10.1. The third kappa shape index (κ3) is 1.76. The summed E-state index contributed by atoms with van der Waals surface area (Å²) in [6.07, 6.45) is 0. The summed E-state index contributed by atoms with van der Waals surface area (Å²) in [7, 11) is 0. The highest BCUT2D eigenvalue weighted by molar-refractivity contribution is 7.10. The molecule has 2 aromatic rings. The largest absolute Gasteiger partial charge is 0.506 e. The molecule has 14 heavy (non-hydrogen) atoms. The first kappa shape index (κ1) is 9.56. The Hall–Kier alpha value is -0.990. The van der Waals surface area contributed by atoms with Crippen molar-refractivity contribution >= 4 is 22.9 Å². The van der Waals surface area contributed by atoms with Crippen molar-refractivity contribution in [3.8, 4) is 16.9 Å². The van der Waals surface area contributed by atoms with Gasteiger partial charge < -0.3 is 5.11 Å². The van der Waals surface area contributed by atoms with Crippen LogP contribution in [0.5, 0.6) is 5.75 Å². The van der Waals surface area contributed by atoms with E-state index in [-0.39, 0.29) is 5.75 Å². The van der Waals surface area contributed by atoms with Crippen LogP contribution in [0.1, 0.15) is 4.88 Å². The quantitative estimate of drug-likeness (QED) is 0.774. The van der Waals surface area contributed by atoms with Gasteiger partial charge in [-0.05, 0) is 41.6 Å². The molecule has 72 valence electrons. The van der Waals surface area contributed by atoms with Crippen molar-refractivity contribution in [3.63, 3.8) is 0 Å². The normalized spacial score (nSPS) is 10.4. The van der Waals surface area contributed by atoms with E-state index in [0.29, 0.717) is 5.02 Å². The Kier molecular flexibility index (Phi) is 2.48. The van der Waals surface area contributed by atoms with Gasteiger partial charge in [0.25, 0.3) is 0 Å². The smallest absolute Gasteiger partial charge is 0.134 e. The maximum absolute atomic E-state index is 9.27. The lowest BCUT2D eigenvalue weighted by Gasteiger charge is -2.00. The average molecular weight is 225 g/mol. The number of phenols is 1. The van der Waals surface area contributed by atoms with Crippen molar-refractivity contribution in [2.45, 2.75) is 6.92 Å². The van der Waals surface area contributed by atoms with Crippen molar-refractivity contribution in [2.24, 2.45) is 0 Å². The van der Waals surface area contributed by atoms with Gasteiger partial charge >= 0.3 is 0 Å². The maximum atomic E-state index is 9.27. The van der Waals surface area contributed by atoms with Gasteiger partial charge in [-0.1, -0.05) is 17.7 Å². The van der Waals surface area contributed by atoms with E-state index < -0.39 is 0 Å². The SMILES string of the molecule is Cc1cc(-c2ccc(O)c(Cl)c2)cs1. The van der Waals surface area contributed by atoms with Crippen molar-refractivity contribution in [2.75, 3.05) is 0 Å². The van der Waals surface area contributed by atoms with Crippen LogP contribution in [0.2, 0.25) is 5.02 Å². The second kappa shape index (κ2) is 3.64. The topological polar surface area (TPSA) is 20.2 Å². The van der Waals surface area contributed by atoms with Gasteiger partial charge in [-0.15, -0.1) is 11.3 Å². The molecule has 0 atom stereocenters. The number of aryl methyl sites for hydroxylation is 1. The summed E-state index contributed by atoms with van der Waals surface area (Å²) in [5.74, 6) is 0.127. The molecule has 0 aliphatic heterocycles. The molecule has 1 N–H and O–H groups in total. The number of rotatable bonds is 1. The lowest BCUT2D eigenvalue weighted by molar-refractivity contribution is 0.475.